The maximum atomic E-state index is 13.2. The number of nitro benzene ring substituents is 1. The molecule has 0 unspecified atom stereocenters. The van der Waals surface area contributed by atoms with Gasteiger partial charge >= 0.3 is 6.18 Å². The van der Waals surface area contributed by atoms with Gasteiger partial charge in [0.1, 0.15) is 0 Å². The topological polar surface area (TPSA) is 160 Å². The summed E-state index contributed by atoms with van der Waals surface area (Å²) in [7, 11) is -4.43. The number of hydrogen-bond donors (Lipinski definition) is 2. The lowest BCUT2D eigenvalue weighted by Gasteiger charge is -2.07. The van der Waals surface area contributed by atoms with Crippen molar-refractivity contribution in [3.8, 4) is 16.9 Å². The summed E-state index contributed by atoms with van der Waals surface area (Å²) in [6, 6.07) is 13.4. The van der Waals surface area contributed by atoms with Gasteiger partial charge in [-0.3, -0.25) is 24.6 Å². The van der Waals surface area contributed by atoms with Crippen LogP contribution in [0, 0.1) is 10.1 Å². The molecular weight excluding hydrogens is 519 g/mol. The van der Waals surface area contributed by atoms with Crippen LogP contribution in [0.3, 0.4) is 0 Å². The number of nitrogens with zero attached hydrogens (tertiary/aromatic N) is 4. The van der Waals surface area contributed by atoms with Gasteiger partial charge in [0.15, 0.2) is 5.69 Å². The molecule has 11 nitrogen and oxygen atoms in total. The predicted molar refractivity (Wildman–Crippen MR) is 124 cm³/mol. The molecular formula is C22H14F3N5O6S. The van der Waals surface area contributed by atoms with E-state index in [1.54, 1.807) is 0 Å². The van der Waals surface area contributed by atoms with Crippen LogP contribution in [0.25, 0.3) is 16.9 Å². The number of rotatable bonds is 6. The summed E-state index contributed by atoms with van der Waals surface area (Å²) in [5, 5.41) is 21.6. The molecule has 1 aromatic heterocycles. The number of halogens is 3. The van der Waals surface area contributed by atoms with Gasteiger partial charge in [0.2, 0.25) is 0 Å². The highest BCUT2D eigenvalue weighted by Crippen LogP contribution is 2.32. The standard InChI is InChI=1S/C22H14F3N5O6S/c23-22(24,25)14-3-9-16(10-4-14)29-21(31)20(19(28-29)13-1-7-17(8-2-13)30(32)33)27-26-15-5-11-18(12-6-15)37(34,35)36/h1-12,28H,(H,34,35,36). The van der Waals surface area contributed by atoms with Crippen LogP contribution in [0.4, 0.5) is 30.2 Å². The largest absolute Gasteiger partial charge is 0.416 e. The van der Waals surface area contributed by atoms with Crippen LogP contribution in [0.15, 0.2) is 92.7 Å². The third-order valence-corrected chi connectivity index (χ3v) is 5.95. The molecule has 190 valence electrons. The van der Waals surface area contributed by atoms with Crippen LogP contribution < -0.4 is 5.56 Å². The number of azo groups is 1. The molecule has 0 saturated heterocycles. The van der Waals surface area contributed by atoms with Gasteiger partial charge in [-0.05, 0) is 60.7 Å². The van der Waals surface area contributed by atoms with Crippen molar-refractivity contribution in [2.75, 3.05) is 0 Å². The number of H-pyrrole nitrogens is 1. The van der Waals surface area contributed by atoms with Crippen molar-refractivity contribution in [1.82, 2.24) is 9.78 Å². The number of hydrogen-bond acceptors (Lipinski definition) is 7. The summed E-state index contributed by atoms with van der Waals surface area (Å²) in [5.74, 6) is 0. The minimum Gasteiger partial charge on any atom is -0.288 e. The van der Waals surface area contributed by atoms with Gasteiger partial charge in [-0.25, -0.2) is 4.68 Å². The molecule has 0 atom stereocenters. The second-order valence-corrected chi connectivity index (χ2v) is 8.92. The second-order valence-electron chi connectivity index (χ2n) is 7.49. The lowest BCUT2D eigenvalue weighted by Crippen LogP contribution is -2.14. The normalized spacial score (nSPS) is 12.2. The van der Waals surface area contributed by atoms with Crippen molar-refractivity contribution in [3.63, 3.8) is 0 Å². The summed E-state index contributed by atoms with van der Waals surface area (Å²) in [6.45, 7) is 0. The number of alkyl halides is 3. The molecule has 4 rings (SSSR count). The molecule has 0 aliphatic carbocycles. The van der Waals surface area contributed by atoms with Crippen molar-refractivity contribution in [1.29, 1.82) is 0 Å². The molecule has 0 amide bonds. The fraction of sp³-hybridized carbons (Fsp3) is 0.0455. The molecule has 2 N–H and O–H groups in total. The van der Waals surface area contributed by atoms with Gasteiger partial charge in [0.25, 0.3) is 21.4 Å². The molecule has 3 aromatic carbocycles. The average molecular weight is 533 g/mol. The van der Waals surface area contributed by atoms with E-state index in [9.17, 15) is 36.5 Å². The van der Waals surface area contributed by atoms with Crippen LogP contribution in [0.2, 0.25) is 0 Å². The zero-order chi connectivity index (χ0) is 27.0. The van der Waals surface area contributed by atoms with Gasteiger partial charge in [0.05, 0.1) is 32.5 Å². The quantitative estimate of drug-likeness (QED) is 0.146. The number of non-ortho nitro benzene ring substituents is 1. The first kappa shape index (κ1) is 25.5. The van der Waals surface area contributed by atoms with Crippen LogP contribution in [-0.4, -0.2) is 27.7 Å². The first-order valence-electron chi connectivity index (χ1n) is 10.1. The van der Waals surface area contributed by atoms with Crippen molar-refractivity contribution in [3.05, 3.63) is 98.8 Å². The Morgan fingerprint density at radius 3 is 2.03 bits per heavy atom. The van der Waals surface area contributed by atoms with Crippen LogP contribution in [0.5, 0.6) is 0 Å². The molecule has 4 aromatic rings. The summed E-state index contributed by atoms with van der Waals surface area (Å²) < 4.78 is 71.2. The molecule has 0 aliphatic heterocycles. The predicted octanol–water partition coefficient (Wildman–Crippen LogP) is 5.42. The SMILES string of the molecule is O=c1c(N=Nc2ccc(S(=O)(=O)O)cc2)c(-c2ccc([N+](=O)[O-])cc2)[nH]n1-c1ccc(C(F)(F)F)cc1. The van der Waals surface area contributed by atoms with Crippen LogP contribution in [0.1, 0.15) is 5.56 Å². The lowest BCUT2D eigenvalue weighted by molar-refractivity contribution is -0.384. The van der Waals surface area contributed by atoms with Crippen molar-refractivity contribution in [2.24, 2.45) is 10.2 Å². The van der Waals surface area contributed by atoms with Gasteiger partial charge in [0, 0.05) is 17.7 Å². The number of aromatic nitrogens is 2. The zero-order valence-electron chi connectivity index (χ0n) is 18.2. The Morgan fingerprint density at radius 2 is 1.51 bits per heavy atom. The fourth-order valence-electron chi connectivity index (χ4n) is 3.25. The van der Waals surface area contributed by atoms with E-state index in [0.29, 0.717) is 5.56 Å². The minimum atomic E-state index is -4.58. The highest BCUT2D eigenvalue weighted by Gasteiger charge is 2.30. The molecule has 0 spiro atoms. The summed E-state index contributed by atoms with van der Waals surface area (Å²) in [5.41, 5.74) is -1.65. The first-order valence-corrected chi connectivity index (χ1v) is 11.6. The van der Waals surface area contributed by atoms with E-state index in [1.165, 1.54) is 36.4 Å². The zero-order valence-corrected chi connectivity index (χ0v) is 19.1. The van der Waals surface area contributed by atoms with Gasteiger partial charge in [-0.15, -0.1) is 5.11 Å². The highest BCUT2D eigenvalue weighted by molar-refractivity contribution is 7.85. The van der Waals surface area contributed by atoms with Crippen LogP contribution in [-0.2, 0) is 16.3 Å². The molecule has 1 heterocycles. The Labute approximate surface area is 205 Å². The van der Waals surface area contributed by atoms with E-state index in [4.69, 9.17) is 4.55 Å². The summed E-state index contributed by atoms with van der Waals surface area (Å²) in [6.07, 6.45) is -4.58. The van der Waals surface area contributed by atoms with E-state index in [0.717, 1.165) is 41.1 Å². The third-order valence-electron chi connectivity index (χ3n) is 5.09. The summed E-state index contributed by atoms with van der Waals surface area (Å²) >= 11 is 0. The molecule has 0 radical (unpaired) electrons. The van der Waals surface area contributed by atoms with Crippen LogP contribution >= 0.6 is 0 Å². The van der Waals surface area contributed by atoms with Gasteiger partial charge in [-0.1, -0.05) is 0 Å². The fourth-order valence-corrected chi connectivity index (χ4v) is 3.73. The Kier molecular flexibility index (Phi) is 6.49. The number of benzene rings is 3. The van der Waals surface area contributed by atoms with E-state index in [-0.39, 0.29) is 33.3 Å². The van der Waals surface area contributed by atoms with Crippen molar-refractivity contribution < 1.29 is 31.1 Å². The molecule has 15 heteroatoms. The highest BCUT2D eigenvalue weighted by atomic mass is 32.2. The maximum Gasteiger partial charge on any atom is 0.416 e. The molecule has 0 fully saturated rings. The Morgan fingerprint density at radius 1 is 0.919 bits per heavy atom. The van der Waals surface area contributed by atoms with Crippen molar-refractivity contribution >= 4 is 27.2 Å². The smallest absolute Gasteiger partial charge is 0.288 e. The minimum absolute atomic E-state index is 0.0557. The maximum absolute atomic E-state index is 13.2. The third kappa shape index (κ3) is 5.46. The summed E-state index contributed by atoms with van der Waals surface area (Å²) in [4.78, 5) is 23.1. The Hall–Kier alpha value is -4.63. The van der Waals surface area contributed by atoms with Crippen molar-refractivity contribution in [2.45, 2.75) is 11.1 Å². The average Bonchev–Trinajstić information content (AvgIpc) is 3.18. The number of nitrogens with one attached hydrogen (secondary N) is 1. The number of nitro groups is 1. The Balaban J connectivity index is 1.80. The van der Waals surface area contributed by atoms with Gasteiger partial charge < -0.3 is 0 Å². The molecule has 0 bridgehead atoms. The molecule has 0 saturated carbocycles. The van der Waals surface area contributed by atoms with E-state index in [2.05, 4.69) is 15.3 Å². The number of aromatic amines is 1. The lowest BCUT2D eigenvalue weighted by atomic mass is 10.1. The van der Waals surface area contributed by atoms with E-state index < -0.39 is 32.3 Å². The van der Waals surface area contributed by atoms with Gasteiger partial charge in [-0.2, -0.15) is 26.7 Å². The monoisotopic (exact) mass is 533 g/mol. The first-order chi connectivity index (χ1) is 17.3. The van der Waals surface area contributed by atoms with E-state index >= 15 is 0 Å². The molecule has 0 aliphatic rings. The second kappa shape index (κ2) is 9.44. The molecule has 37 heavy (non-hydrogen) atoms. The Bertz CT molecular complexity index is 1660. The van der Waals surface area contributed by atoms with E-state index in [1.807, 2.05) is 0 Å².